The van der Waals surface area contributed by atoms with E-state index in [-0.39, 0.29) is 11.7 Å². The smallest absolute Gasteiger partial charge is 0.221 e. The molecule has 116 valence electrons. The second kappa shape index (κ2) is 8.07. The molecule has 1 atom stereocenters. The number of carbonyl (C=O) groups is 1. The summed E-state index contributed by atoms with van der Waals surface area (Å²) in [7, 11) is 0. The molecule has 6 heteroatoms. The highest BCUT2D eigenvalue weighted by Crippen LogP contribution is 2.03. The first-order valence-corrected chi connectivity index (χ1v) is 7.13. The first kappa shape index (κ1) is 15.9. The molecule has 1 aliphatic heterocycles. The Morgan fingerprint density at radius 3 is 2.95 bits per heavy atom. The van der Waals surface area contributed by atoms with Crippen LogP contribution < -0.4 is 5.32 Å². The molecule has 1 heterocycles. The van der Waals surface area contributed by atoms with Crippen molar-refractivity contribution in [2.75, 3.05) is 32.8 Å². The number of nitrogens with one attached hydrogen (secondary N) is 1. The Hall–Kier alpha value is -1.50. The van der Waals surface area contributed by atoms with Crippen molar-refractivity contribution in [2.24, 2.45) is 0 Å². The minimum atomic E-state index is -0.491. The Bertz CT molecular complexity index is 453. The van der Waals surface area contributed by atoms with Crippen LogP contribution in [0.25, 0.3) is 0 Å². The van der Waals surface area contributed by atoms with E-state index < -0.39 is 6.10 Å². The molecule has 2 N–H and O–H groups in total. The standard InChI is InChI=1S/C15H21FN2O3/c16-13-3-1-12(2-4-13)9-17-15(20)5-6-18-7-8-21-11-14(19)10-18/h1-4,14,19H,5-11H2,(H,17,20). The fourth-order valence-electron chi connectivity index (χ4n) is 2.21. The van der Waals surface area contributed by atoms with Crippen molar-refractivity contribution in [3.63, 3.8) is 0 Å². The average molecular weight is 296 g/mol. The van der Waals surface area contributed by atoms with Gasteiger partial charge in [-0.3, -0.25) is 9.69 Å². The minimum Gasteiger partial charge on any atom is -0.389 e. The lowest BCUT2D eigenvalue weighted by atomic mass is 10.2. The molecule has 1 fully saturated rings. The highest BCUT2D eigenvalue weighted by atomic mass is 19.1. The Balaban J connectivity index is 1.68. The Morgan fingerprint density at radius 1 is 1.43 bits per heavy atom. The predicted molar refractivity (Wildman–Crippen MR) is 76.1 cm³/mol. The van der Waals surface area contributed by atoms with Crippen molar-refractivity contribution in [3.05, 3.63) is 35.6 Å². The number of carbonyl (C=O) groups excluding carboxylic acids is 1. The summed E-state index contributed by atoms with van der Waals surface area (Å²) in [5, 5.41) is 12.4. The van der Waals surface area contributed by atoms with Gasteiger partial charge < -0.3 is 15.2 Å². The zero-order chi connectivity index (χ0) is 15.1. The van der Waals surface area contributed by atoms with Crippen molar-refractivity contribution in [1.29, 1.82) is 0 Å². The molecule has 0 radical (unpaired) electrons. The van der Waals surface area contributed by atoms with Crippen LogP contribution in [0.5, 0.6) is 0 Å². The van der Waals surface area contributed by atoms with E-state index in [1.54, 1.807) is 12.1 Å². The number of aliphatic hydroxyl groups excluding tert-OH is 1. The van der Waals surface area contributed by atoms with Crippen molar-refractivity contribution in [3.8, 4) is 0 Å². The lowest BCUT2D eigenvalue weighted by Gasteiger charge is -2.20. The molecule has 2 rings (SSSR count). The zero-order valence-electron chi connectivity index (χ0n) is 11.9. The molecule has 0 aromatic heterocycles. The summed E-state index contributed by atoms with van der Waals surface area (Å²) in [6.45, 7) is 3.18. The van der Waals surface area contributed by atoms with Crippen LogP contribution >= 0.6 is 0 Å². The van der Waals surface area contributed by atoms with Crippen LogP contribution in [0.1, 0.15) is 12.0 Å². The third kappa shape index (κ3) is 5.79. The number of hydrogen-bond acceptors (Lipinski definition) is 4. The number of aliphatic hydroxyl groups is 1. The van der Waals surface area contributed by atoms with Gasteiger partial charge in [-0.05, 0) is 17.7 Å². The van der Waals surface area contributed by atoms with Gasteiger partial charge in [-0.2, -0.15) is 0 Å². The molecular weight excluding hydrogens is 275 g/mol. The van der Waals surface area contributed by atoms with E-state index in [0.717, 1.165) is 12.1 Å². The maximum absolute atomic E-state index is 12.8. The molecule has 1 aromatic rings. The number of halogens is 1. The molecule has 0 saturated carbocycles. The van der Waals surface area contributed by atoms with Gasteiger partial charge in [0.2, 0.25) is 5.91 Å². The summed E-state index contributed by atoms with van der Waals surface area (Å²) in [6, 6.07) is 6.05. The molecule has 0 aliphatic carbocycles. The second-order valence-corrected chi connectivity index (χ2v) is 5.18. The number of ether oxygens (including phenoxy) is 1. The molecule has 5 nitrogen and oxygen atoms in total. The molecule has 1 unspecified atom stereocenters. The van der Waals surface area contributed by atoms with Gasteiger partial charge in [-0.25, -0.2) is 4.39 Å². The van der Waals surface area contributed by atoms with Gasteiger partial charge in [0.15, 0.2) is 0 Å². The average Bonchev–Trinajstić information content (AvgIpc) is 2.69. The lowest BCUT2D eigenvalue weighted by molar-refractivity contribution is -0.121. The third-order valence-electron chi connectivity index (χ3n) is 3.39. The predicted octanol–water partition coefficient (Wildman–Crippen LogP) is 0.525. The Labute approximate surface area is 123 Å². The van der Waals surface area contributed by atoms with E-state index in [1.165, 1.54) is 12.1 Å². The number of hydrogen-bond donors (Lipinski definition) is 2. The fourth-order valence-corrected chi connectivity index (χ4v) is 2.21. The highest BCUT2D eigenvalue weighted by Gasteiger charge is 2.16. The molecule has 1 saturated heterocycles. The zero-order valence-corrected chi connectivity index (χ0v) is 11.9. The van der Waals surface area contributed by atoms with Crippen molar-refractivity contribution >= 4 is 5.91 Å². The van der Waals surface area contributed by atoms with Gasteiger partial charge in [-0.15, -0.1) is 0 Å². The fraction of sp³-hybridized carbons (Fsp3) is 0.533. The first-order valence-electron chi connectivity index (χ1n) is 7.13. The van der Waals surface area contributed by atoms with Gasteiger partial charge in [-0.1, -0.05) is 12.1 Å². The molecule has 0 bridgehead atoms. The number of amides is 1. The van der Waals surface area contributed by atoms with Crippen LogP contribution in [-0.2, 0) is 16.1 Å². The van der Waals surface area contributed by atoms with E-state index in [0.29, 0.717) is 39.3 Å². The molecule has 0 spiro atoms. The van der Waals surface area contributed by atoms with Crippen molar-refractivity contribution in [1.82, 2.24) is 10.2 Å². The second-order valence-electron chi connectivity index (χ2n) is 5.18. The van der Waals surface area contributed by atoms with Crippen LogP contribution in [0.2, 0.25) is 0 Å². The van der Waals surface area contributed by atoms with Gasteiger partial charge in [0.1, 0.15) is 5.82 Å². The summed E-state index contributed by atoms with van der Waals surface area (Å²) in [6.07, 6.45) is -0.122. The summed E-state index contributed by atoms with van der Waals surface area (Å²) < 4.78 is 18.0. The van der Waals surface area contributed by atoms with Crippen molar-refractivity contribution in [2.45, 2.75) is 19.1 Å². The van der Waals surface area contributed by atoms with Gasteiger partial charge >= 0.3 is 0 Å². The van der Waals surface area contributed by atoms with E-state index in [2.05, 4.69) is 5.32 Å². The largest absolute Gasteiger partial charge is 0.389 e. The number of β-amino-alcohol motifs (C(OH)–C–C–N with tert-alkyl or cyclic N) is 1. The maximum Gasteiger partial charge on any atom is 0.221 e. The van der Waals surface area contributed by atoms with Crippen LogP contribution in [0, 0.1) is 5.82 Å². The monoisotopic (exact) mass is 296 g/mol. The summed E-state index contributed by atoms with van der Waals surface area (Å²) >= 11 is 0. The Kier molecular flexibility index (Phi) is 6.10. The van der Waals surface area contributed by atoms with E-state index in [4.69, 9.17) is 4.74 Å². The number of rotatable bonds is 5. The van der Waals surface area contributed by atoms with Crippen LogP contribution in [0.15, 0.2) is 24.3 Å². The SMILES string of the molecule is O=C(CCN1CCOCC(O)C1)NCc1ccc(F)cc1. The molecule has 1 aliphatic rings. The topological polar surface area (TPSA) is 61.8 Å². The molecular formula is C15H21FN2O3. The molecule has 1 aromatic carbocycles. The summed E-state index contributed by atoms with van der Waals surface area (Å²) in [4.78, 5) is 13.8. The normalized spacial score (nSPS) is 20.0. The van der Waals surface area contributed by atoms with Crippen LogP contribution in [-0.4, -0.2) is 54.9 Å². The maximum atomic E-state index is 12.8. The molecule has 1 amide bonds. The quantitative estimate of drug-likeness (QED) is 0.832. The lowest BCUT2D eigenvalue weighted by Crippen LogP contribution is -2.36. The summed E-state index contributed by atoms with van der Waals surface area (Å²) in [5.41, 5.74) is 0.864. The van der Waals surface area contributed by atoms with Gasteiger partial charge in [0.25, 0.3) is 0 Å². The number of nitrogens with zero attached hydrogens (tertiary/aromatic N) is 1. The van der Waals surface area contributed by atoms with Crippen LogP contribution in [0.3, 0.4) is 0 Å². The van der Waals surface area contributed by atoms with Crippen molar-refractivity contribution < 1.29 is 19.0 Å². The molecule has 21 heavy (non-hydrogen) atoms. The third-order valence-corrected chi connectivity index (χ3v) is 3.39. The Morgan fingerprint density at radius 2 is 2.19 bits per heavy atom. The highest BCUT2D eigenvalue weighted by molar-refractivity contribution is 5.76. The minimum absolute atomic E-state index is 0.0565. The van der Waals surface area contributed by atoms with E-state index in [1.807, 2.05) is 4.90 Å². The number of benzene rings is 1. The summed E-state index contributed by atoms with van der Waals surface area (Å²) in [5.74, 6) is -0.342. The van der Waals surface area contributed by atoms with E-state index >= 15 is 0 Å². The van der Waals surface area contributed by atoms with Crippen LogP contribution in [0.4, 0.5) is 4.39 Å². The van der Waals surface area contributed by atoms with Gasteiger partial charge in [0, 0.05) is 32.6 Å². The first-order chi connectivity index (χ1) is 10.1. The van der Waals surface area contributed by atoms with E-state index in [9.17, 15) is 14.3 Å². The van der Waals surface area contributed by atoms with Gasteiger partial charge in [0.05, 0.1) is 19.3 Å².